The Morgan fingerprint density at radius 3 is 2.23 bits per heavy atom. The Morgan fingerprint density at radius 2 is 1.65 bits per heavy atom. The predicted octanol–water partition coefficient (Wildman–Crippen LogP) is 2.13. The SMILES string of the molecule is CC(=O)c1ccc(S(=O)(=O)N(C)CC(=O)NCc2ccccc2C)cc1. The molecule has 7 heteroatoms. The molecule has 0 radical (unpaired) electrons. The molecule has 0 aliphatic carbocycles. The number of nitrogens with one attached hydrogen (secondary N) is 1. The van der Waals surface area contributed by atoms with Crippen molar-refractivity contribution in [1.29, 1.82) is 0 Å². The summed E-state index contributed by atoms with van der Waals surface area (Å²) >= 11 is 0. The fraction of sp³-hybridized carbons (Fsp3) is 0.263. The van der Waals surface area contributed by atoms with E-state index in [0.29, 0.717) is 12.1 Å². The maximum absolute atomic E-state index is 12.5. The van der Waals surface area contributed by atoms with Crippen molar-refractivity contribution in [2.75, 3.05) is 13.6 Å². The van der Waals surface area contributed by atoms with Crippen molar-refractivity contribution in [3.05, 3.63) is 65.2 Å². The lowest BCUT2D eigenvalue weighted by atomic mass is 10.1. The van der Waals surface area contributed by atoms with Crippen molar-refractivity contribution in [2.45, 2.75) is 25.3 Å². The first-order chi connectivity index (χ1) is 12.2. The monoisotopic (exact) mass is 374 g/mol. The number of carbonyl (C=O) groups is 2. The Morgan fingerprint density at radius 1 is 1.04 bits per heavy atom. The van der Waals surface area contributed by atoms with Gasteiger partial charge in [0.1, 0.15) is 0 Å². The van der Waals surface area contributed by atoms with Crippen molar-refractivity contribution in [2.24, 2.45) is 0 Å². The van der Waals surface area contributed by atoms with E-state index in [4.69, 9.17) is 0 Å². The standard InChI is InChI=1S/C19H22N2O4S/c1-14-6-4-5-7-17(14)12-20-19(23)13-21(3)26(24,25)18-10-8-16(9-11-18)15(2)22/h4-11H,12-13H2,1-3H3,(H,20,23). The van der Waals surface area contributed by atoms with Crippen LogP contribution in [0.1, 0.15) is 28.4 Å². The molecule has 0 unspecified atom stereocenters. The predicted molar refractivity (Wildman–Crippen MR) is 99.3 cm³/mol. The van der Waals surface area contributed by atoms with E-state index in [0.717, 1.165) is 15.4 Å². The summed E-state index contributed by atoms with van der Waals surface area (Å²) in [6, 6.07) is 13.3. The molecule has 0 saturated carbocycles. The van der Waals surface area contributed by atoms with Crippen LogP contribution in [0.5, 0.6) is 0 Å². The molecule has 138 valence electrons. The summed E-state index contributed by atoms with van der Waals surface area (Å²) < 4.78 is 26.1. The van der Waals surface area contributed by atoms with E-state index in [1.54, 1.807) is 0 Å². The van der Waals surface area contributed by atoms with Crippen molar-refractivity contribution in [3.8, 4) is 0 Å². The molecule has 0 saturated heterocycles. The van der Waals surface area contributed by atoms with Gasteiger partial charge in [0, 0.05) is 19.2 Å². The number of rotatable bonds is 7. The van der Waals surface area contributed by atoms with E-state index < -0.39 is 10.0 Å². The van der Waals surface area contributed by atoms with E-state index in [2.05, 4.69) is 5.32 Å². The highest BCUT2D eigenvalue weighted by Crippen LogP contribution is 2.15. The van der Waals surface area contributed by atoms with Crippen LogP contribution in [0, 0.1) is 6.92 Å². The zero-order valence-corrected chi connectivity index (χ0v) is 15.8. The number of carbonyl (C=O) groups excluding carboxylic acids is 2. The molecule has 0 atom stereocenters. The Labute approximate surface area is 153 Å². The number of sulfonamides is 1. The second kappa shape index (κ2) is 8.25. The molecule has 0 spiro atoms. The van der Waals surface area contributed by atoms with Crippen LogP contribution in [0.25, 0.3) is 0 Å². The number of aryl methyl sites for hydroxylation is 1. The van der Waals surface area contributed by atoms with Crippen LogP contribution in [0.15, 0.2) is 53.4 Å². The minimum absolute atomic E-state index is 0.0386. The Kier molecular flexibility index (Phi) is 6.28. The van der Waals surface area contributed by atoms with Crippen LogP contribution in [0.4, 0.5) is 0 Å². The molecule has 2 aromatic carbocycles. The van der Waals surface area contributed by atoms with Crippen molar-refractivity contribution in [3.63, 3.8) is 0 Å². The molecule has 0 aliphatic heterocycles. The van der Waals surface area contributed by atoms with Crippen molar-refractivity contribution < 1.29 is 18.0 Å². The van der Waals surface area contributed by atoms with Gasteiger partial charge in [-0.2, -0.15) is 4.31 Å². The summed E-state index contributed by atoms with van der Waals surface area (Å²) in [6.45, 7) is 3.41. The third-order valence-corrected chi connectivity index (χ3v) is 5.89. The van der Waals surface area contributed by atoms with E-state index in [1.165, 1.54) is 38.2 Å². The fourth-order valence-electron chi connectivity index (χ4n) is 2.39. The van der Waals surface area contributed by atoms with Crippen LogP contribution in [-0.2, 0) is 21.4 Å². The van der Waals surface area contributed by atoms with Crippen LogP contribution < -0.4 is 5.32 Å². The van der Waals surface area contributed by atoms with E-state index in [-0.39, 0.29) is 23.1 Å². The first-order valence-electron chi connectivity index (χ1n) is 8.10. The normalized spacial score (nSPS) is 11.4. The number of amides is 1. The van der Waals surface area contributed by atoms with Gasteiger partial charge in [0.25, 0.3) is 0 Å². The van der Waals surface area contributed by atoms with Crippen LogP contribution in [0.3, 0.4) is 0 Å². The zero-order chi connectivity index (χ0) is 19.3. The molecular weight excluding hydrogens is 352 g/mol. The lowest BCUT2D eigenvalue weighted by Crippen LogP contribution is -2.38. The van der Waals surface area contributed by atoms with Crippen LogP contribution in [0.2, 0.25) is 0 Å². The number of hydrogen-bond acceptors (Lipinski definition) is 4. The Bertz CT molecular complexity index is 905. The molecule has 0 bridgehead atoms. The summed E-state index contributed by atoms with van der Waals surface area (Å²) in [5.74, 6) is -0.530. The van der Waals surface area contributed by atoms with E-state index >= 15 is 0 Å². The third-order valence-electron chi connectivity index (χ3n) is 4.07. The number of nitrogens with zero attached hydrogens (tertiary/aromatic N) is 1. The van der Waals surface area contributed by atoms with Gasteiger partial charge in [0.15, 0.2) is 5.78 Å². The van der Waals surface area contributed by atoms with Gasteiger partial charge in [0.2, 0.25) is 15.9 Å². The number of benzene rings is 2. The minimum Gasteiger partial charge on any atom is -0.351 e. The molecule has 2 rings (SSSR count). The maximum Gasteiger partial charge on any atom is 0.243 e. The van der Waals surface area contributed by atoms with Crippen molar-refractivity contribution >= 4 is 21.7 Å². The third kappa shape index (κ3) is 4.77. The zero-order valence-electron chi connectivity index (χ0n) is 15.0. The highest BCUT2D eigenvalue weighted by Gasteiger charge is 2.23. The van der Waals surface area contributed by atoms with Gasteiger partial charge in [0.05, 0.1) is 11.4 Å². The smallest absolute Gasteiger partial charge is 0.243 e. The maximum atomic E-state index is 12.5. The largest absolute Gasteiger partial charge is 0.351 e. The summed E-state index contributed by atoms with van der Waals surface area (Å²) in [6.07, 6.45) is 0. The molecule has 0 aromatic heterocycles. The lowest BCUT2D eigenvalue weighted by molar-refractivity contribution is -0.121. The minimum atomic E-state index is -3.81. The second-order valence-corrected chi connectivity index (χ2v) is 8.09. The molecule has 26 heavy (non-hydrogen) atoms. The first-order valence-corrected chi connectivity index (χ1v) is 9.54. The summed E-state index contributed by atoms with van der Waals surface area (Å²) in [4.78, 5) is 23.4. The average molecular weight is 374 g/mol. The highest BCUT2D eigenvalue weighted by atomic mass is 32.2. The number of ketones is 1. The molecular formula is C19H22N2O4S. The summed E-state index contributed by atoms with van der Waals surface area (Å²) in [5.41, 5.74) is 2.47. The molecule has 0 fully saturated rings. The van der Waals surface area contributed by atoms with Gasteiger partial charge in [-0.15, -0.1) is 0 Å². The van der Waals surface area contributed by atoms with Gasteiger partial charge < -0.3 is 5.32 Å². The molecule has 6 nitrogen and oxygen atoms in total. The quantitative estimate of drug-likeness (QED) is 0.753. The van der Waals surface area contributed by atoms with Gasteiger partial charge in [-0.25, -0.2) is 8.42 Å². The molecule has 1 N–H and O–H groups in total. The first kappa shape index (κ1) is 19.8. The van der Waals surface area contributed by atoms with E-state index in [9.17, 15) is 18.0 Å². The Hall–Kier alpha value is -2.51. The molecule has 1 amide bonds. The molecule has 0 heterocycles. The van der Waals surface area contributed by atoms with E-state index in [1.807, 2.05) is 31.2 Å². The number of likely N-dealkylation sites (N-methyl/N-ethyl adjacent to an activating group) is 1. The molecule has 0 aliphatic rings. The van der Waals surface area contributed by atoms with Gasteiger partial charge >= 0.3 is 0 Å². The highest BCUT2D eigenvalue weighted by molar-refractivity contribution is 7.89. The second-order valence-electron chi connectivity index (χ2n) is 6.04. The molecule has 2 aromatic rings. The summed E-state index contributed by atoms with van der Waals surface area (Å²) in [5, 5.41) is 2.73. The van der Waals surface area contributed by atoms with Gasteiger partial charge in [-0.1, -0.05) is 36.4 Å². The topological polar surface area (TPSA) is 83.6 Å². The average Bonchev–Trinajstić information content (AvgIpc) is 2.61. The summed E-state index contributed by atoms with van der Waals surface area (Å²) in [7, 11) is -2.46. The lowest BCUT2D eigenvalue weighted by Gasteiger charge is -2.17. The van der Waals surface area contributed by atoms with Crippen LogP contribution >= 0.6 is 0 Å². The van der Waals surface area contributed by atoms with Crippen LogP contribution in [-0.4, -0.2) is 38.0 Å². The number of Topliss-reactive ketones (excluding diaryl/α,β-unsaturated/α-hetero) is 1. The Balaban J connectivity index is 2.00. The number of hydrogen-bond donors (Lipinski definition) is 1. The fourth-order valence-corrected chi connectivity index (χ4v) is 3.51. The van der Waals surface area contributed by atoms with Gasteiger partial charge in [-0.3, -0.25) is 9.59 Å². The van der Waals surface area contributed by atoms with Crippen molar-refractivity contribution in [1.82, 2.24) is 9.62 Å². The van der Waals surface area contributed by atoms with Gasteiger partial charge in [-0.05, 0) is 37.1 Å².